The van der Waals surface area contributed by atoms with Gasteiger partial charge in [-0.25, -0.2) is 9.97 Å². The Labute approximate surface area is 534 Å². The van der Waals surface area contributed by atoms with Gasteiger partial charge in [0.05, 0.1) is 25.3 Å². The van der Waals surface area contributed by atoms with Crippen LogP contribution in [0.25, 0.3) is 43.4 Å². The van der Waals surface area contributed by atoms with E-state index in [0.717, 1.165) is 93.1 Å². The van der Waals surface area contributed by atoms with Crippen LogP contribution >= 0.6 is 31.9 Å². The van der Waals surface area contributed by atoms with Crippen LogP contribution in [-0.2, 0) is 12.0 Å². The van der Waals surface area contributed by atoms with Crippen LogP contribution in [0.3, 0.4) is 0 Å². The number of carbonyl (C=O) groups is 1. The van der Waals surface area contributed by atoms with Gasteiger partial charge in [0.1, 0.15) is 0 Å². The molecule has 0 saturated heterocycles. The van der Waals surface area contributed by atoms with Crippen molar-refractivity contribution in [2.75, 3.05) is 55.5 Å². The molecule has 2 atom stereocenters. The zero-order valence-corrected chi connectivity index (χ0v) is 53.8. The number of ketones is 1. The molecule has 2 unspecified atom stereocenters. The first-order valence-corrected chi connectivity index (χ1v) is 28.6. The summed E-state index contributed by atoms with van der Waals surface area (Å²) in [7, 11) is 11.3. The molecule has 8 aromatic carbocycles. The maximum absolute atomic E-state index is 15.7. The monoisotopic (exact) mass is 1220 g/mol. The first-order chi connectivity index (χ1) is 38.7. The Morgan fingerprint density at radius 3 is 1.59 bits per heavy atom. The van der Waals surface area contributed by atoms with Gasteiger partial charge in [-0.3, -0.25) is 4.79 Å². The number of ether oxygens (including phenoxy) is 2. The molecule has 0 fully saturated rings. The molecule has 2 aromatic heterocycles. The molecule has 0 radical (unpaired) electrons. The van der Waals surface area contributed by atoms with Gasteiger partial charge in [0.15, 0.2) is 5.78 Å². The number of halogens is 2. The maximum atomic E-state index is 15.7. The van der Waals surface area contributed by atoms with Gasteiger partial charge in [-0.2, -0.15) is 27.7 Å². The molecule has 0 aliphatic rings. The van der Waals surface area contributed by atoms with E-state index < -0.39 is 11.5 Å². The molecule has 9 nitrogen and oxygen atoms in total. The number of methoxy groups -OCH3 is 2. The minimum atomic E-state index is -1.50. The fourth-order valence-corrected chi connectivity index (χ4v) is 10.3. The third-order valence-corrected chi connectivity index (χ3v) is 14.2. The molecule has 10 rings (SSSR count). The number of hydrogen-bond donors (Lipinski definition) is 1. The van der Waals surface area contributed by atoms with Crippen molar-refractivity contribution in [2.24, 2.45) is 0 Å². The van der Waals surface area contributed by atoms with Gasteiger partial charge < -0.3 is 43.4 Å². The largest absolute Gasteiger partial charge is 1.00 e. The van der Waals surface area contributed by atoms with E-state index in [1.807, 2.05) is 219 Å². The maximum Gasteiger partial charge on any atom is 1.00 e. The topological polar surface area (TPSA) is 126 Å². The van der Waals surface area contributed by atoms with Crippen LogP contribution in [0.5, 0.6) is 11.8 Å². The summed E-state index contributed by atoms with van der Waals surface area (Å²) in [5.74, 6) is 0.860. The number of hydrogen-bond acceptors (Lipinski definition) is 9. The van der Waals surface area contributed by atoms with Crippen LogP contribution in [-0.4, -0.2) is 81.1 Å². The quantitative estimate of drug-likeness (QED) is 0.0607. The first kappa shape index (κ1) is 71.6. The molecule has 3 N–H and O–H groups in total. The van der Waals surface area contributed by atoms with Gasteiger partial charge in [-0.1, -0.05) is 183 Å². The van der Waals surface area contributed by atoms with Crippen LogP contribution in [0.1, 0.15) is 84.6 Å². The van der Waals surface area contributed by atoms with E-state index in [9.17, 15) is 4.79 Å². The number of aromatic nitrogens is 2. The van der Waals surface area contributed by atoms with E-state index in [4.69, 9.17) is 14.5 Å². The Morgan fingerprint density at radius 2 is 1.04 bits per heavy atom. The molecule has 0 saturated carbocycles. The molecule has 0 aliphatic heterocycles. The van der Waals surface area contributed by atoms with Crippen LogP contribution in [0.2, 0.25) is 0 Å². The van der Waals surface area contributed by atoms with Crippen molar-refractivity contribution in [1.82, 2.24) is 25.9 Å². The minimum absolute atomic E-state index is 0. The van der Waals surface area contributed by atoms with E-state index in [2.05, 4.69) is 90.3 Å². The predicted molar refractivity (Wildman–Crippen MR) is 346 cm³/mol. The second-order valence-corrected chi connectivity index (χ2v) is 21.9. The van der Waals surface area contributed by atoms with Crippen molar-refractivity contribution in [3.05, 3.63) is 249 Å². The summed E-state index contributed by atoms with van der Waals surface area (Å²) in [6.45, 7) is 9.44. The van der Waals surface area contributed by atoms with E-state index >= 15 is 5.11 Å². The standard InChI is InChI=1S/C32H30BrN2O2.C17H14BrNO.C15H17NO.2C3H7.2Li.H3N/c1-35(2)19-18-32(36,28-15-9-13-22-10-7-8-14-26(22)28)30(23-11-5-4-6-12-23)27-21-24-20-25(33)16-17-29(24)34-31(27)37-3;1-20-17-14(9-12-5-3-2-4-6-12)10-13-11-15(18)7-8-16(13)19-17;1-16(2)11-10-15(17)14-9-5-7-12-6-3-4-8-13(12)14;2*1-3-2;;;/h4-17,20-21,30H,18-19H2,1-3H3;2-8,10-11H,9H2,1H3;3-9H,10-11H2,1-2H3;2*3H,1-2H3;;;1H3/q-1;;;2*-1;2*+1;. The molecular weight excluding hydrogens is 1150 g/mol. The molecule has 13 heteroatoms. The van der Waals surface area contributed by atoms with Crippen molar-refractivity contribution < 1.29 is 57.1 Å². The van der Waals surface area contributed by atoms with Gasteiger partial charge in [-0.05, 0) is 128 Å². The van der Waals surface area contributed by atoms with E-state index in [0.29, 0.717) is 31.1 Å². The molecule has 10 aromatic rings. The van der Waals surface area contributed by atoms with E-state index in [1.54, 1.807) is 14.2 Å². The summed E-state index contributed by atoms with van der Waals surface area (Å²) in [6.07, 6.45) is 5.80. The normalized spacial score (nSPS) is 11.6. The second-order valence-electron chi connectivity index (χ2n) is 20.1. The Hall–Kier alpha value is -5.64. The first-order valence-electron chi connectivity index (χ1n) is 27.0. The molecule has 424 valence electrons. The molecular formula is C70H78Br2Li2N5O4-. The van der Waals surface area contributed by atoms with Crippen molar-refractivity contribution in [2.45, 2.75) is 58.5 Å². The average Bonchev–Trinajstić information content (AvgIpc) is 3.48. The Morgan fingerprint density at radius 1 is 0.566 bits per heavy atom. The third kappa shape index (κ3) is 20.0. The van der Waals surface area contributed by atoms with Crippen LogP contribution in [0.15, 0.2) is 203 Å². The van der Waals surface area contributed by atoms with Crippen molar-refractivity contribution in [3.63, 3.8) is 0 Å². The van der Waals surface area contributed by atoms with Crippen molar-refractivity contribution in [3.8, 4) is 11.8 Å². The zero-order chi connectivity index (χ0) is 57.6. The SMILES string of the molecule is CN(C)CCC(=O)c1cccc2ccccc12.COc1nc2ccc(Br)cc2cc1C(c1ccccc1)C([O-])(CCN(C)C)c1cccc2ccccc12.COc1nc2ccc(Br)cc2cc1Cc1ccccc1.C[CH-]C.C[CH-]C.N.[Li+].[Li+]. The van der Waals surface area contributed by atoms with Gasteiger partial charge in [0.25, 0.3) is 0 Å². The molecule has 2 heterocycles. The number of Topliss-reactive ketones (excluding diaryl/α,β-unsaturated/α-hetero) is 1. The number of nitrogens with zero attached hydrogens (tertiary/aromatic N) is 4. The summed E-state index contributed by atoms with van der Waals surface area (Å²) < 4.78 is 13.3. The Balaban J connectivity index is 0.000000332. The van der Waals surface area contributed by atoms with Crippen molar-refractivity contribution in [1.29, 1.82) is 0 Å². The number of fused-ring (bicyclic) bond motifs is 4. The number of rotatable bonds is 15. The summed E-state index contributed by atoms with van der Waals surface area (Å²) in [6, 6.07) is 64.8. The van der Waals surface area contributed by atoms with Gasteiger partial charge in [-0.15, -0.1) is 0 Å². The number of carbonyl (C=O) groups excluding carboxylic acids is 1. The smallest absolute Gasteiger partial charge is 0.845 e. The molecule has 0 aliphatic carbocycles. The Bertz CT molecular complexity index is 3540. The molecule has 0 bridgehead atoms. The van der Waals surface area contributed by atoms with Crippen LogP contribution < -0.4 is 58.5 Å². The Kier molecular flexibility index (Phi) is 31.3. The fourth-order valence-electron chi connectivity index (χ4n) is 9.50. The van der Waals surface area contributed by atoms with Gasteiger partial charge >= 0.3 is 37.7 Å². The average molecular weight is 1230 g/mol. The summed E-state index contributed by atoms with van der Waals surface area (Å²) in [5.41, 5.74) is 5.99. The third-order valence-electron chi connectivity index (χ3n) is 13.2. The number of benzene rings is 8. The summed E-state index contributed by atoms with van der Waals surface area (Å²) in [4.78, 5) is 25.7. The number of pyridine rings is 2. The van der Waals surface area contributed by atoms with Gasteiger partial charge in [0.2, 0.25) is 11.8 Å². The minimum Gasteiger partial charge on any atom is -0.845 e. The zero-order valence-electron chi connectivity index (χ0n) is 50.6. The summed E-state index contributed by atoms with van der Waals surface area (Å²) >= 11 is 7.09. The molecule has 83 heavy (non-hydrogen) atoms. The second kappa shape index (κ2) is 36.3. The van der Waals surface area contributed by atoms with Crippen LogP contribution in [0.4, 0.5) is 0 Å². The van der Waals surface area contributed by atoms with Crippen molar-refractivity contribution >= 4 is 81.0 Å². The molecule has 0 amide bonds. The van der Waals surface area contributed by atoms with Gasteiger partial charge in [0, 0.05) is 61.7 Å². The predicted octanol–water partition coefficient (Wildman–Crippen LogP) is 10.7. The summed E-state index contributed by atoms with van der Waals surface area (Å²) in [5, 5.41) is 22.0. The van der Waals surface area contributed by atoms with Crippen LogP contribution in [0, 0.1) is 12.8 Å². The van der Waals surface area contributed by atoms with E-state index in [1.165, 1.54) is 5.56 Å². The molecule has 0 spiro atoms. The van der Waals surface area contributed by atoms with E-state index in [-0.39, 0.29) is 49.7 Å². The fraction of sp³-hybridized carbons (Fsp3) is 0.243.